The fourth-order valence-corrected chi connectivity index (χ4v) is 2.09. The molecule has 0 fully saturated rings. The largest absolute Gasteiger partial charge is 0.357 e. The molecule has 0 radical (unpaired) electrons. The van der Waals surface area contributed by atoms with Crippen LogP contribution in [0.25, 0.3) is 0 Å². The van der Waals surface area contributed by atoms with E-state index in [1.165, 1.54) is 22.3 Å². The van der Waals surface area contributed by atoms with E-state index in [2.05, 4.69) is 44.8 Å². The minimum absolute atomic E-state index is 0.0516. The van der Waals surface area contributed by atoms with E-state index in [0.717, 1.165) is 0 Å². The lowest BCUT2D eigenvalue weighted by atomic mass is 9.92. The number of ether oxygens (including phenoxy) is 1. The minimum atomic E-state index is -0.0516. The number of rotatable bonds is 5. The van der Waals surface area contributed by atoms with Crippen molar-refractivity contribution in [1.29, 1.82) is 0 Å². The highest BCUT2D eigenvalue weighted by molar-refractivity contribution is 5.68. The van der Waals surface area contributed by atoms with Crippen LogP contribution in [0.4, 0.5) is 0 Å². The maximum Gasteiger partial charge on any atom is 0.145 e. The molecular weight excluding hydrogens is 222 g/mol. The van der Waals surface area contributed by atoms with E-state index in [0.29, 0.717) is 12.5 Å². The van der Waals surface area contributed by atoms with Crippen molar-refractivity contribution in [2.75, 3.05) is 6.61 Å². The van der Waals surface area contributed by atoms with Crippen LogP contribution in [-0.4, -0.2) is 19.0 Å². The molecule has 0 saturated carbocycles. The highest BCUT2D eigenvalue weighted by Gasteiger charge is 2.09. The average molecular weight is 247 g/mol. The Bertz CT molecular complexity index is 423. The van der Waals surface area contributed by atoms with Gasteiger partial charge in [-0.2, -0.15) is 0 Å². The van der Waals surface area contributed by atoms with Crippen molar-refractivity contribution in [3.8, 4) is 0 Å². The van der Waals surface area contributed by atoms with Crippen LogP contribution in [0.15, 0.2) is 17.1 Å². The molecule has 0 amide bonds. The topological polar surface area (TPSA) is 21.6 Å². The summed E-state index contributed by atoms with van der Waals surface area (Å²) in [6.07, 6.45) is 1.95. The molecule has 0 aliphatic carbocycles. The number of aryl methyl sites for hydroxylation is 1. The van der Waals surface area contributed by atoms with E-state index in [4.69, 9.17) is 4.74 Å². The van der Waals surface area contributed by atoms with Crippen LogP contribution in [0.3, 0.4) is 0 Å². The normalized spacial score (nSPS) is 15.0. The second-order valence-electron chi connectivity index (χ2n) is 4.86. The summed E-state index contributed by atoms with van der Waals surface area (Å²) < 4.78 is 5.40. The van der Waals surface area contributed by atoms with Gasteiger partial charge in [-0.05, 0) is 56.9 Å². The SMILES string of the molecule is CCOC(C)/N=C/C(C)c1ccc(C)c(C)c1C. The quantitative estimate of drug-likeness (QED) is 0.716. The van der Waals surface area contributed by atoms with Crippen molar-refractivity contribution in [2.45, 2.75) is 53.7 Å². The van der Waals surface area contributed by atoms with Crippen molar-refractivity contribution >= 4 is 6.21 Å². The first-order valence-electron chi connectivity index (χ1n) is 6.69. The Hall–Kier alpha value is -1.15. The lowest BCUT2D eigenvalue weighted by Crippen LogP contribution is -2.07. The number of hydrogen-bond acceptors (Lipinski definition) is 2. The molecule has 0 heterocycles. The van der Waals surface area contributed by atoms with Gasteiger partial charge in [-0.1, -0.05) is 19.1 Å². The summed E-state index contributed by atoms with van der Waals surface area (Å²) in [5, 5.41) is 0. The zero-order chi connectivity index (χ0) is 13.7. The van der Waals surface area contributed by atoms with Crippen LogP contribution in [0.2, 0.25) is 0 Å². The smallest absolute Gasteiger partial charge is 0.145 e. The molecule has 1 aromatic rings. The van der Waals surface area contributed by atoms with Gasteiger partial charge in [0.1, 0.15) is 6.23 Å². The zero-order valence-corrected chi connectivity index (χ0v) is 12.4. The molecule has 0 aliphatic rings. The zero-order valence-electron chi connectivity index (χ0n) is 12.4. The van der Waals surface area contributed by atoms with Crippen molar-refractivity contribution < 1.29 is 4.74 Å². The number of hydrogen-bond donors (Lipinski definition) is 0. The van der Waals surface area contributed by atoms with Gasteiger partial charge in [0.2, 0.25) is 0 Å². The summed E-state index contributed by atoms with van der Waals surface area (Å²) in [5.41, 5.74) is 5.46. The summed E-state index contributed by atoms with van der Waals surface area (Å²) in [6, 6.07) is 4.40. The Morgan fingerprint density at radius 1 is 1.17 bits per heavy atom. The molecule has 100 valence electrons. The van der Waals surface area contributed by atoms with Crippen LogP contribution in [-0.2, 0) is 4.74 Å². The van der Waals surface area contributed by atoms with Gasteiger partial charge in [-0.3, -0.25) is 4.99 Å². The minimum Gasteiger partial charge on any atom is -0.357 e. The summed E-state index contributed by atoms with van der Waals surface area (Å²) in [7, 11) is 0. The lowest BCUT2D eigenvalue weighted by Gasteiger charge is -2.15. The molecule has 0 aliphatic heterocycles. The Labute approximate surface area is 111 Å². The van der Waals surface area contributed by atoms with Crippen LogP contribution in [0.5, 0.6) is 0 Å². The third-order valence-corrected chi connectivity index (χ3v) is 3.52. The van der Waals surface area contributed by atoms with Crippen LogP contribution in [0, 0.1) is 20.8 Å². The van der Waals surface area contributed by atoms with E-state index in [1.807, 2.05) is 20.1 Å². The van der Waals surface area contributed by atoms with Gasteiger partial charge in [-0.15, -0.1) is 0 Å². The van der Waals surface area contributed by atoms with Gasteiger partial charge in [0.15, 0.2) is 0 Å². The van der Waals surface area contributed by atoms with E-state index in [-0.39, 0.29) is 6.23 Å². The fourth-order valence-electron chi connectivity index (χ4n) is 2.09. The third-order valence-electron chi connectivity index (χ3n) is 3.52. The van der Waals surface area contributed by atoms with Crippen molar-refractivity contribution in [3.63, 3.8) is 0 Å². The van der Waals surface area contributed by atoms with Gasteiger partial charge < -0.3 is 4.74 Å². The second kappa shape index (κ2) is 6.69. The number of benzene rings is 1. The highest BCUT2D eigenvalue weighted by Crippen LogP contribution is 2.23. The van der Waals surface area contributed by atoms with E-state index in [1.54, 1.807) is 0 Å². The Kier molecular flexibility index (Phi) is 5.54. The van der Waals surface area contributed by atoms with E-state index in [9.17, 15) is 0 Å². The maximum absolute atomic E-state index is 5.40. The molecule has 1 rings (SSSR count). The van der Waals surface area contributed by atoms with Crippen LogP contribution < -0.4 is 0 Å². The van der Waals surface area contributed by atoms with Gasteiger partial charge in [0.05, 0.1) is 0 Å². The number of aliphatic imine (C=N–C) groups is 1. The molecule has 2 atom stereocenters. The molecule has 2 nitrogen and oxygen atoms in total. The molecular formula is C16H25NO. The van der Waals surface area contributed by atoms with E-state index < -0.39 is 0 Å². The second-order valence-corrected chi connectivity index (χ2v) is 4.86. The molecule has 0 spiro atoms. The summed E-state index contributed by atoms with van der Waals surface area (Å²) >= 11 is 0. The first kappa shape index (κ1) is 14.9. The standard InChI is InChI=1S/C16H25NO/c1-7-18-15(6)17-10-12(3)16-9-8-11(2)13(4)14(16)5/h8-10,12,15H,7H2,1-6H3/b17-10+. The van der Waals surface area contributed by atoms with E-state index >= 15 is 0 Å². The summed E-state index contributed by atoms with van der Waals surface area (Å²) in [5.74, 6) is 0.326. The van der Waals surface area contributed by atoms with Crippen molar-refractivity contribution in [2.24, 2.45) is 4.99 Å². The molecule has 0 N–H and O–H groups in total. The van der Waals surface area contributed by atoms with Crippen LogP contribution in [0.1, 0.15) is 48.9 Å². The Morgan fingerprint density at radius 2 is 1.83 bits per heavy atom. The summed E-state index contributed by atoms with van der Waals surface area (Å²) in [6.45, 7) is 13.4. The first-order valence-corrected chi connectivity index (χ1v) is 6.69. The molecule has 0 bridgehead atoms. The maximum atomic E-state index is 5.40. The molecule has 2 heteroatoms. The third kappa shape index (κ3) is 3.67. The van der Waals surface area contributed by atoms with Gasteiger partial charge in [-0.25, -0.2) is 0 Å². The number of nitrogens with zero attached hydrogens (tertiary/aromatic N) is 1. The molecule has 18 heavy (non-hydrogen) atoms. The fraction of sp³-hybridized carbons (Fsp3) is 0.562. The van der Waals surface area contributed by atoms with Crippen LogP contribution >= 0.6 is 0 Å². The molecule has 0 saturated heterocycles. The predicted octanol–water partition coefficient (Wildman–Crippen LogP) is 4.17. The first-order chi connectivity index (χ1) is 8.47. The van der Waals surface area contributed by atoms with Gasteiger partial charge in [0.25, 0.3) is 0 Å². The molecule has 1 aromatic carbocycles. The molecule has 0 aromatic heterocycles. The van der Waals surface area contributed by atoms with Gasteiger partial charge >= 0.3 is 0 Å². The van der Waals surface area contributed by atoms with Gasteiger partial charge in [0, 0.05) is 18.7 Å². The van der Waals surface area contributed by atoms with Crippen molar-refractivity contribution in [3.05, 3.63) is 34.4 Å². The average Bonchev–Trinajstić information content (AvgIpc) is 2.34. The lowest BCUT2D eigenvalue weighted by molar-refractivity contribution is 0.0833. The Morgan fingerprint density at radius 3 is 2.44 bits per heavy atom. The van der Waals surface area contributed by atoms with Crippen molar-refractivity contribution in [1.82, 2.24) is 0 Å². The summed E-state index contributed by atoms with van der Waals surface area (Å²) in [4.78, 5) is 4.44. The monoisotopic (exact) mass is 247 g/mol. The Balaban J connectivity index is 2.85. The highest BCUT2D eigenvalue weighted by atomic mass is 16.5. The molecule has 2 unspecified atom stereocenters. The predicted molar refractivity (Wildman–Crippen MR) is 78.6 cm³/mol.